The van der Waals surface area contributed by atoms with Crippen molar-refractivity contribution in [3.8, 4) is 0 Å². The molecular formula is C13H12O2S. The molecule has 0 aromatic heterocycles. The minimum absolute atomic E-state index is 0.392. The van der Waals surface area contributed by atoms with Crippen LogP contribution < -0.4 is 0 Å². The van der Waals surface area contributed by atoms with Crippen molar-refractivity contribution in [2.24, 2.45) is 0 Å². The highest BCUT2D eigenvalue weighted by molar-refractivity contribution is 8.08. The van der Waals surface area contributed by atoms with Crippen molar-refractivity contribution in [1.29, 1.82) is 0 Å². The smallest absolute Gasteiger partial charge is 0.233 e. The zero-order chi connectivity index (χ0) is 11.5. The molecule has 0 amide bonds. The van der Waals surface area contributed by atoms with E-state index in [1.54, 1.807) is 23.9 Å². The van der Waals surface area contributed by atoms with Gasteiger partial charge >= 0.3 is 0 Å². The first-order chi connectivity index (χ1) is 7.74. The molecule has 0 unspecified atom stereocenters. The number of allylic oxidation sites excluding steroid dienone is 1. The van der Waals surface area contributed by atoms with E-state index in [-0.39, 0.29) is 0 Å². The number of rotatable bonds is 3. The van der Waals surface area contributed by atoms with E-state index in [4.69, 9.17) is 0 Å². The van der Waals surface area contributed by atoms with Gasteiger partial charge in [-0.3, -0.25) is 9.59 Å². The SMILES string of the molecule is CCCSC1=CC(=O)C(=O)c2ccccc21. The predicted molar refractivity (Wildman–Crippen MR) is 66.5 cm³/mol. The number of ketones is 2. The average Bonchev–Trinajstić information content (AvgIpc) is 2.32. The molecule has 3 heteroatoms. The van der Waals surface area contributed by atoms with Gasteiger partial charge in [-0.25, -0.2) is 0 Å². The van der Waals surface area contributed by atoms with Gasteiger partial charge in [-0.05, 0) is 17.7 Å². The third-order valence-corrected chi connectivity index (χ3v) is 3.65. The molecule has 0 radical (unpaired) electrons. The van der Waals surface area contributed by atoms with Gasteiger partial charge in [0.05, 0.1) is 0 Å². The number of fused-ring (bicyclic) bond motifs is 1. The molecule has 2 nitrogen and oxygen atoms in total. The summed E-state index contributed by atoms with van der Waals surface area (Å²) in [4.78, 5) is 24.0. The van der Waals surface area contributed by atoms with E-state index in [2.05, 4.69) is 6.92 Å². The molecule has 1 aliphatic carbocycles. The zero-order valence-electron chi connectivity index (χ0n) is 9.03. The van der Waals surface area contributed by atoms with E-state index in [0.717, 1.165) is 22.6 Å². The number of hydrogen-bond donors (Lipinski definition) is 0. The highest BCUT2D eigenvalue weighted by atomic mass is 32.2. The summed E-state index contributed by atoms with van der Waals surface area (Å²) in [6.45, 7) is 2.09. The quantitative estimate of drug-likeness (QED) is 0.751. The lowest BCUT2D eigenvalue weighted by Gasteiger charge is -2.14. The Morgan fingerprint density at radius 1 is 1.12 bits per heavy atom. The Bertz CT molecular complexity index is 475. The maximum absolute atomic E-state index is 11.6. The second kappa shape index (κ2) is 4.66. The van der Waals surface area contributed by atoms with Gasteiger partial charge in [0.15, 0.2) is 0 Å². The van der Waals surface area contributed by atoms with Gasteiger partial charge < -0.3 is 0 Å². The summed E-state index contributed by atoms with van der Waals surface area (Å²) < 4.78 is 0. The minimum atomic E-state index is -0.405. The van der Waals surface area contributed by atoms with E-state index in [9.17, 15) is 9.59 Å². The van der Waals surface area contributed by atoms with Crippen molar-refractivity contribution in [2.75, 3.05) is 5.75 Å². The molecule has 0 heterocycles. The lowest BCUT2D eigenvalue weighted by Crippen LogP contribution is -2.17. The summed E-state index contributed by atoms with van der Waals surface area (Å²) in [6.07, 6.45) is 2.51. The van der Waals surface area contributed by atoms with Crippen LogP contribution in [0.2, 0.25) is 0 Å². The fourth-order valence-corrected chi connectivity index (χ4v) is 2.57. The fourth-order valence-electron chi connectivity index (χ4n) is 1.62. The van der Waals surface area contributed by atoms with Crippen molar-refractivity contribution >= 4 is 28.2 Å². The number of Topliss-reactive ketones (excluding diaryl/α,β-unsaturated/α-hetero) is 1. The van der Waals surface area contributed by atoms with Gasteiger partial charge in [0.1, 0.15) is 0 Å². The molecule has 0 saturated carbocycles. The van der Waals surface area contributed by atoms with Crippen LogP contribution in [-0.2, 0) is 4.79 Å². The van der Waals surface area contributed by atoms with Crippen LogP contribution in [0.4, 0.5) is 0 Å². The Hall–Kier alpha value is -1.35. The van der Waals surface area contributed by atoms with Gasteiger partial charge in [-0.15, -0.1) is 11.8 Å². The molecule has 0 spiro atoms. The number of thioether (sulfide) groups is 1. The number of carbonyl (C=O) groups excluding carboxylic acids is 2. The Labute approximate surface area is 98.7 Å². The van der Waals surface area contributed by atoms with Crippen molar-refractivity contribution < 1.29 is 9.59 Å². The van der Waals surface area contributed by atoms with Gasteiger partial charge in [-0.1, -0.05) is 31.2 Å². The highest BCUT2D eigenvalue weighted by Gasteiger charge is 2.24. The summed E-state index contributed by atoms with van der Waals surface area (Å²) in [7, 11) is 0. The zero-order valence-corrected chi connectivity index (χ0v) is 9.84. The number of carbonyl (C=O) groups is 2. The summed E-state index contributed by atoms with van der Waals surface area (Å²) in [5, 5.41) is 0. The summed E-state index contributed by atoms with van der Waals surface area (Å²) in [5.74, 6) is 0.163. The van der Waals surface area contributed by atoms with Crippen LogP contribution in [0, 0.1) is 0 Å². The van der Waals surface area contributed by atoms with Crippen molar-refractivity contribution in [1.82, 2.24) is 0 Å². The Balaban J connectivity index is 2.43. The van der Waals surface area contributed by atoms with Crippen molar-refractivity contribution in [2.45, 2.75) is 13.3 Å². The molecular weight excluding hydrogens is 220 g/mol. The van der Waals surface area contributed by atoms with Gasteiger partial charge in [0, 0.05) is 16.5 Å². The lowest BCUT2D eigenvalue weighted by molar-refractivity contribution is -0.110. The second-order valence-electron chi connectivity index (χ2n) is 3.60. The number of hydrogen-bond acceptors (Lipinski definition) is 3. The van der Waals surface area contributed by atoms with Crippen LogP contribution in [-0.4, -0.2) is 17.3 Å². The fraction of sp³-hybridized carbons (Fsp3) is 0.231. The molecule has 0 N–H and O–H groups in total. The molecule has 0 fully saturated rings. The first kappa shape index (κ1) is 11.1. The van der Waals surface area contributed by atoms with E-state index in [0.29, 0.717) is 5.56 Å². The highest BCUT2D eigenvalue weighted by Crippen LogP contribution is 2.33. The topological polar surface area (TPSA) is 34.1 Å². The standard InChI is InChI=1S/C13H12O2S/c1-2-7-16-12-8-11(14)13(15)10-6-4-3-5-9(10)12/h3-6,8H,2,7H2,1H3. The van der Waals surface area contributed by atoms with E-state index in [1.165, 1.54) is 6.08 Å². The molecule has 2 rings (SSSR count). The molecule has 1 aromatic carbocycles. The lowest BCUT2D eigenvalue weighted by atomic mass is 9.95. The average molecular weight is 232 g/mol. The molecule has 0 bridgehead atoms. The maximum Gasteiger partial charge on any atom is 0.233 e. The van der Waals surface area contributed by atoms with Crippen LogP contribution in [0.25, 0.3) is 4.91 Å². The normalized spacial score (nSPS) is 14.7. The van der Waals surface area contributed by atoms with Gasteiger partial charge in [-0.2, -0.15) is 0 Å². The monoisotopic (exact) mass is 232 g/mol. The van der Waals surface area contributed by atoms with Crippen molar-refractivity contribution in [3.63, 3.8) is 0 Å². The van der Waals surface area contributed by atoms with E-state index in [1.807, 2.05) is 12.1 Å². The number of benzene rings is 1. The Kier molecular flexibility index (Phi) is 3.25. The summed E-state index contributed by atoms with van der Waals surface area (Å²) in [6, 6.07) is 7.29. The minimum Gasteiger partial charge on any atom is -0.286 e. The third kappa shape index (κ3) is 1.95. The van der Waals surface area contributed by atoms with Crippen LogP contribution in [0.5, 0.6) is 0 Å². The van der Waals surface area contributed by atoms with Crippen molar-refractivity contribution in [3.05, 3.63) is 41.5 Å². The van der Waals surface area contributed by atoms with E-state index < -0.39 is 11.6 Å². The first-order valence-corrected chi connectivity index (χ1v) is 6.25. The molecule has 1 aliphatic rings. The van der Waals surface area contributed by atoms with Crippen LogP contribution in [0.3, 0.4) is 0 Å². The summed E-state index contributed by atoms with van der Waals surface area (Å²) >= 11 is 1.63. The molecule has 1 aromatic rings. The van der Waals surface area contributed by atoms with Crippen LogP contribution >= 0.6 is 11.8 Å². The summed E-state index contributed by atoms with van der Waals surface area (Å²) in [5.41, 5.74) is 1.43. The molecule has 82 valence electrons. The van der Waals surface area contributed by atoms with Gasteiger partial charge in [0.25, 0.3) is 0 Å². The van der Waals surface area contributed by atoms with E-state index >= 15 is 0 Å². The Morgan fingerprint density at radius 2 is 1.81 bits per heavy atom. The molecule has 0 aliphatic heterocycles. The second-order valence-corrected chi connectivity index (χ2v) is 4.73. The molecule has 0 atom stereocenters. The van der Waals surface area contributed by atoms with Crippen LogP contribution in [0.1, 0.15) is 29.3 Å². The third-order valence-electron chi connectivity index (χ3n) is 2.38. The molecule has 16 heavy (non-hydrogen) atoms. The van der Waals surface area contributed by atoms with Gasteiger partial charge in [0.2, 0.25) is 11.6 Å². The molecule has 0 saturated heterocycles. The largest absolute Gasteiger partial charge is 0.286 e. The Morgan fingerprint density at radius 3 is 2.50 bits per heavy atom. The predicted octanol–water partition coefficient (Wildman–Crippen LogP) is 2.94. The first-order valence-electron chi connectivity index (χ1n) is 5.26. The maximum atomic E-state index is 11.6. The van der Waals surface area contributed by atoms with Crippen LogP contribution in [0.15, 0.2) is 30.3 Å².